The summed E-state index contributed by atoms with van der Waals surface area (Å²) in [5, 5.41) is 11.3. The van der Waals surface area contributed by atoms with E-state index in [1.807, 2.05) is 0 Å². The molecule has 1 aromatic carbocycles. The lowest BCUT2D eigenvalue weighted by Gasteiger charge is -2.21. The molecule has 0 atom stereocenters. The molecule has 0 saturated heterocycles. The molecule has 1 aliphatic rings. The van der Waals surface area contributed by atoms with Crippen LogP contribution in [0.1, 0.15) is 25.7 Å². The molecule has 22 heavy (non-hydrogen) atoms. The largest absolute Gasteiger partial charge is 0.480 e. The lowest BCUT2D eigenvalue weighted by atomic mass is 10.3. The minimum atomic E-state index is -3.76. The summed E-state index contributed by atoms with van der Waals surface area (Å²) in [6, 6.07) is 6.02. The molecule has 0 unspecified atom stereocenters. The number of aliphatic carboxylic acids is 1. The van der Waals surface area contributed by atoms with E-state index in [2.05, 4.69) is 5.32 Å². The lowest BCUT2D eigenvalue weighted by Crippen LogP contribution is -2.31. The third-order valence-corrected chi connectivity index (χ3v) is 5.13. The van der Waals surface area contributed by atoms with Gasteiger partial charge in [-0.05, 0) is 31.0 Å². The summed E-state index contributed by atoms with van der Waals surface area (Å²) < 4.78 is 25.8. The van der Waals surface area contributed by atoms with Crippen molar-refractivity contribution >= 4 is 21.7 Å². The number of benzene rings is 1. The van der Waals surface area contributed by atoms with Crippen molar-refractivity contribution < 1.29 is 23.2 Å². The average Bonchev–Trinajstić information content (AvgIpc) is 2.98. The zero-order chi connectivity index (χ0) is 16.2. The Bertz CT molecular complexity index is 626. The number of rotatable bonds is 7. The minimum absolute atomic E-state index is 0.0587. The Labute approximate surface area is 129 Å². The maximum atomic E-state index is 12.5. The quantitative estimate of drug-likeness (QED) is 0.739. The van der Waals surface area contributed by atoms with Crippen molar-refractivity contribution in [1.82, 2.24) is 4.47 Å². The standard InChI is InChI=1S/C14H20N2O5S/c1-16(21-12-6-2-3-7-12)22(19,20)13-8-4-5-11(9-13)15-10-14(17)18/h4-5,8-9,12,15H,2-3,6-7,10H2,1H3,(H,17,18). The number of carboxylic acid groups (broad SMARTS) is 1. The van der Waals surface area contributed by atoms with Gasteiger partial charge in [0.1, 0.15) is 6.54 Å². The fraction of sp³-hybridized carbons (Fsp3) is 0.500. The smallest absolute Gasteiger partial charge is 0.322 e. The topological polar surface area (TPSA) is 95.9 Å². The molecule has 0 aromatic heterocycles. The summed E-state index contributed by atoms with van der Waals surface area (Å²) in [5.74, 6) is -1.02. The Hall–Kier alpha value is -1.64. The Morgan fingerprint density at radius 1 is 1.41 bits per heavy atom. The molecule has 1 fully saturated rings. The first-order valence-corrected chi connectivity index (χ1v) is 8.55. The van der Waals surface area contributed by atoms with Gasteiger partial charge in [0.25, 0.3) is 10.0 Å². The molecule has 8 heteroatoms. The number of nitrogens with zero attached hydrogens (tertiary/aromatic N) is 1. The lowest BCUT2D eigenvalue weighted by molar-refractivity contribution is -0.134. The number of anilines is 1. The maximum absolute atomic E-state index is 12.5. The highest BCUT2D eigenvalue weighted by molar-refractivity contribution is 7.89. The number of hydrogen-bond donors (Lipinski definition) is 2. The number of carbonyl (C=O) groups is 1. The molecular weight excluding hydrogens is 308 g/mol. The van der Waals surface area contributed by atoms with Crippen molar-refractivity contribution in [1.29, 1.82) is 0 Å². The summed E-state index contributed by atoms with van der Waals surface area (Å²) >= 11 is 0. The normalized spacial score (nSPS) is 16.1. The van der Waals surface area contributed by atoms with Crippen LogP contribution in [0.15, 0.2) is 29.2 Å². The van der Waals surface area contributed by atoms with Gasteiger partial charge in [-0.1, -0.05) is 23.4 Å². The first kappa shape index (κ1) is 16.7. The minimum Gasteiger partial charge on any atom is -0.480 e. The average molecular weight is 328 g/mol. The highest BCUT2D eigenvalue weighted by atomic mass is 32.2. The van der Waals surface area contributed by atoms with Gasteiger partial charge in [0, 0.05) is 12.7 Å². The number of sulfonamides is 1. The van der Waals surface area contributed by atoms with E-state index in [1.165, 1.54) is 19.2 Å². The van der Waals surface area contributed by atoms with Crippen molar-refractivity contribution in [2.75, 3.05) is 18.9 Å². The summed E-state index contributed by atoms with van der Waals surface area (Å²) in [6.07, 6.45) is 3.76. The van der Waals surface area contributed by atoms with Gasteiger partial charge in [-0.2, -0.15) is 0 Å². The van der Waals surface area contributed by atoms with Crippen molar-refractivity contribution in [3.05, 3.63) is 24.3 Å². The van der Waals surface area contributed by atoms with E-state index in [-0.39, 0.29) is 17.5 Å². The molecule has 7 nitrogen and oxygen atoms in total. The molecule has 1 aliphatic carbocycles. The fourth-order valence-corrected chi connectivity index (χ4v) is 3.41. The van der Waals surface area contributed by atoms with Crippen LogP contribution in [0.4, 0.5) is 5.69 Å². The molecular formula is C14H20N2O5S. The van der Waals surface area contributed by atoms with Crippen molar-refractivity contribution in [3.63, 3.8) is 0 Å². The maximum Gasteiger partial charge on any atom is 0.322 e. The van der Waals surface area contributed by atoms with Gasteiger partial charge in [-0.15, -0.1) is 0 Å². The second-order valence-corrected chi connectivity index (χ2v) is 7.14. The van der Waals surface area contributed by atoms with E-state index in [0.29, 0.717) is 5.69 Å². The Morgan fingerprint density at radius 3 is 2.73 bits per heavy atom. The molecule has 122 valence electrons. The number of hydroxylamine groups is 1. The van der Waals surface area contributed by atoms with Gasteiger partial charge < -0.3 is 10.4 Å². The molecule has 0 aliphatic heterocycles. The molecule has 1 aromatic rings. The molecule has 2 N–H and O–H groups in total. The van der Waals surface area contributed by atoms with Gasteiger partial charge in [-0.25, -0.2) is 8.42 Å². The first-order valence-electron chi connectivity index (χ1n) is 7.11. The van der Waals surface area contributed by atoms with Crippen LogP contribution in [0.5, 0.6) is 0 Å². The predicted octanol–water partition coefficient (Wildman–Crippen LogP) is 1.68. The Balaban J connectivity index is 2.10. The van der Waals surface area contributed by atoms with Gasteiger partial charge in [0.05, 0.1) is 11.0 Å². The molecule has 0 spiro atoms. The van der Waals surface area contributed by atoms with Gasteiger partial charge in [0.15, 0.2) is 0 Å². The van der Waals surface area contributed by atoms with E-state index >= 15 is 0 Å². The van der Waals surface area contributed by atoms with E-state index in [9.17, 15) is 13.2 Å². The molecule has 0 bridgehead atoms. The van der Waals surface area contributed by atoms with Crippen molar-refractivity contribution in [3.8, 4) is 0 Å². The van der Waals surface area contributed by atoms with Gasteiger partial charge in [-0.3, -0.25) is 9.63 Å². The second kappa shape index (κ2) is 7.08. The zero-order valence-electron chi connectivity index (χ0n) is 12.4. The van der Waals surface area contributed by atoms with Crippen LogP contribution in [0, 0.1) is 0 Å². The first-order chi connectivity index (χ1) is 10.4. The van der Waals surface area contributed by atoms with E-state index in [1.54, 1.807) is 12.1 Å². The molecule has 0 amide bonds. The molecule has 0 heterocycles. The van der Waals surface area contributed by atoms with E-state index in [0.717, 1.165) is 30.2 Å². The van der Waals surface area contributed by atoms with Crippen LogP contribution in [0.3, 0.4) is 0 Å². The molecule has 1 saturated carbocycles. The Kier molecular flexibility index (Phi) is 5.38. The number of carboxylic acids is 1. The van der Waals surface area contributed by atoms with Gasteiger partial charge in [0.2, 0.25) is 0 Å². The predicted molar refractivity (Wildman–Crippen MR) is 80.9 cm³/mol. The van der Waals surface area contributed by atoms with Crippen LogP contribution in [-0.2, 0) is 19.7 Å². The summed E-state index contributed by atoms with van der Waals surface area (Å²) in [5.41, 5.74) is 0.428. The summed E-state index contributed by atoms with van der Waals surface area (Å²) in [4.78, 5) is 16.1. The fourth-order valence-electron chi connectivity index (χ4n) is 2.35. The molecule has 2 rings (SSSR count). The Morgan fingerprint density at radius 2 is 2.09 bits per heavy atom. The van der Waals surface area contributed by atoms with Crippen LogP contribution in [0.25, 0.3) is 0 Å². The van der Waals surface area contributed by atoms with Gasteiger partial charge >= 0.3 is 5.97 Å². The van der Waals surface area contributed by atoms with E-state index in [4.69, 9.17) is 9.94 Å². The van der Waals surface area contributed by atoms with Crippen LogP contribution < -0.4 is 5.32 Å². The second-order valence-electron chi connectivity index (χ2n) is 5.20. The number of hydrogen-bond acceptors (Lipinski definition) is 5. The van der Waals surface area contributed by atoms with Crippen LogP contribution in [0.2, 0.25) is 0 Å². The summed E-state index contributed by atoms with van der Waals surface area (Å²) in [7, 11) is -2.38. The monoisotopic (exact) mass is 328 g/mol. The summed E-state index contributed by atoms with van der Waals surface area (Å²) in [6.45, 7) is -0.280. The highest BCUT2D eigenvalue weighted by Crippen LogP contribution is 2.25. The zero-order valence-corrected chi connectivity index (χ0v) is 13.2. The van der Waals surface area contributed by atoms with E-state index < -0.39 is 16.0 Å². The third kappa shape index (κ3) is 4.19. The SMILES string of the molecule is CN(OC1CCCC1)S(=O)(=O)c1cccc(NCC(=O)O)c1. The van der Waals surface area contributed by atoms with Crippen molar-refractivity contribution in [2.24, 2.45) is 0 Å². The van der Waals surface area contributed by atoms with Crippen molar-refractivity contribution in [2.45, 2.75) is 36.7 Å². The highest BCUT2D eigenvalue weighted by Gasteiger charge is 2.26. The number of nitrogens with one attached hydrogen (secondary N) is 1. The van der Waals surface area contributed by atoms with Crippen LogP contribution >= 0.6 is 0 Å². The third-order valence-electron chi connectivity index (χ3n) is 3.51. The van der Waals surface area contributed by atoms with Crippen LogP contribution in [-0.4, -0.2) is 43.7 Å². The molecule has 0 radical (unpaired) electrons.